The van der Waals surface area contributed by atoms with E-state index in [-0.39, 0.29) is 11.9 Å². The van der Waals surface area contributed by atoms with Gasteiger partial charge in [-0.05, 0) is 49.4 Å². The average molecular weight is 414 g/mol. The molecule has 8 heteroatoms. The van der Waals surface area contributed by atoms with E-state index >= 15 is 0 Å². The first-order chi connectivity index (χ1) is 14.5. The molecule has 162 valence electrons. The van der Waals surface area contributed by atoms with Crippen LogP contribution in [0.3, 0.4) is 0 Å². The number of methoxy groups -OCH3 is 2. The van der Waals surface area contributed by atoms with E-state index in [2.05, 4.69) is 20.6 Å². The van der Waals surface area contributed by atoms with Gasteiger partial charge in [-0.2, -0.15) is 4.98 Å². The summed E-state index contributed by atoms with van der Waals surface area (Å²) in [4.78, 5) is 23.3. The second-order valence-corrected chi connectivity index (χ2v) is 7.76. The van der Waals surface area contributed by atoms with Crippen molar-refractivity contribution < 1.29 is 14.3 Å². The molecule has 1 aromatic heterocycles. The van der Waals surface area contributed by atoms with Crippen LogP contribution in [-0.2, 0) is 11.2 Å². The highest BCUT2D eigenvalue weighted by Gasteiger charge is 2.23. The number of nitrogens with one attached hydrogen (secondary N) is 2. The number of amides is 1. The highest BCUT2D eigenvalue weighted by molar-refractivity contribution is 5.79. The zero-order chi connectivity index (χ0) is 21.5. The molecule has 0 unspecified atom stereocenters. The fourth-order valence-corrected chi connectivity index (χ4v) is 3.69. The smallest absolute Gasteiger partial charge is 0.224 e. The minimum absolute atomic E-state index is 0.0284. The third kappa shape index (κ3) is 5.75. The molecule has 8 nitrogen and oxygen atoms in total. The minimum Gasteiger partial charge on any atom is -0.493 e. The van der Waals surface area contributed by atoms with Gasteiger partial charge in [0.1, 0.15) is 5.82 Å². The van der Waals surface area contributed by atoms with Crippen LogP contribution >= 0.6 is 0 Å². The van der Waals surface area contributed by atoms with E-state index in [0.717, 1.165) is 37.1 Å². The molecule has 30 heavy (non-hydrogen) atoms. The van der Waals surface area contributed by atoms with Crippen LogP contribution in [0.2, 0.25) is 0 Å². The quantitative estimate of drug-likeness (QED) is 0.688. The van der Waals surface area contributed by atoms with Crippen LogP contribution in [0, 0.1) is 0 Å². The van der Waals surface area contributed by atoms with Gasteiger partial charge in [0.15, 0.2) is 11.5 Å². The fourth-order valence-electron chi connectivity index (χ4n) is 3.69. The van der Waals surface area contributed by atoms with Crippen LogP contribution in [0.15, 0.2) is 30.5 Å². The van der Waals surface area contributed by atoms with Crippen molar-refractivity contribution in [3.05, 3.63) is 36.0 Å². The predicted molar refractivity (Wildman–Crippen MR) is 117 cm³/mol. The van der Waals surface area contributed by atoms with Gasteiger partial charge in [-0.25, -0.2) is 4.98 Å². The Hall–Kier alpha value is -3.03. The van der Waals surface area contributed by atoms with Crippen molar-refractivity contribution in [1.82, 2.24) is 15.3 Å². The van der Waals surface area contributed by atoms with Gasteiger partial charge >= 0.3 is 0 Å². The van der Waals surface area contributed by atoms with Gasteiger partial charge in [0.25, 0.3) is 0 Å². The molecule has 1 fully saturated rings. The molecule has 0 bridgehead atoms. The van der Waals surface area contributed by atoms with Crippen molar-refractivity contribution in [1.29, 1.82) is 0 Å². The summed E-state index contributed by atoms with van der Waals surface area (Å²) in [7, 11) is 7.11. The van der Waals surface area contributed by atoms with Crippen LogP contribution < -0.4 is 25.0 Å². The summed E-state index contributed by atoms with van der Waals surface area (Å²) in [5.41, 5.74) is 0.901. The van der Waals surface area contributed by atoms with Gasteiger partial charge in [-0.3, -0.25) is 4.79 Å². The monoisotopic (exact) mass is 413 g/mol. The summed E-state index contributed by atoms with van der Waals surface area (Å²) < 4.78 is 10.6. The van der Waals surface area contributed by atoms with Crippen molar-refractivity contribution in [2.75, 3.05) is 38.5 Å². The number of hydrogen-bond acceptors (Lipinski definition) is 7. The standard InChI is InChI=1S/C22H31N5O3/c1-27(2)20-11-12-23-22(26-20)25-17-8-6-16(7-9-17)24-21(28)14-15-5-10-18(29-3)19(13-15)30-4/h5,10-13,16-17H,6-9,14H2,1-4H3,(H,24,28)(H,23,25,26)/t16-,17+. The molecule has 1 heterocycles. The lowest BCUT2D eigenvalue weighted by atomic mass is 9.91. The maximum Gasteiger partial charge on any atom is 0.224 e. The average Bonchev–Trinajstić information content (AvgIpc) is 2.75. The topological polar surface area (TPSA) is 88.6 Å². The summed E-state index contributed by atoms with van der Waals surface area (Å²) in [6.07, 6.45) is 5.90. The number of carbonyl (C=O) groups is 1. The van der Waals surface area contributed by atoms with E-state index in [1.54, 1.807) is 20.4 Å². The first kappa shape index (κ1) is 21.7. The number of hydrogen-bond donors (Lipinski definition) is 2. The molecule has 1 aliphatic carbocycles. The zero-order valence-corrected chi connectivity index (χ0v) is 18.1. The van der Waals surface area contributed by atoms with Crippen molar-refractivity contribution in [3.8, 4) is 11.5 Å². The SMILES string of the molecule is COc1ccc(CC(=O)N[C@H]2CC[C@@H](Nc3nccc(N(C)C)n3)CC2)cc1OC. The third-order valence-corrected chi connectivity index (χ3v) is 5.34. The fraction of sp³-hybridized carbons (Fsp3) is 0.500. The normalized spacial score (nSPS) is 18.4. The molecule has 1 aromatic carbocycles. The molecule has 2 N–H and O–H groups in total. The molecule has 2 aromatic rings. The first-order valence-electron chi connectivity index (χ1n) is 10.3. The second-order valence-electron chi connectivity index (χ2n) is 7.76. The number of carbonyl (C=O) groups excluding carboxylic acids is 1. The molecule has 1 amide bonds. The molecule has 0 atom stereocenters. The van der Waals surface area contributed by atoms with Crippen LogP contribution in [0.4, 0.5) is 11.8 Å². The lowest BCUT2D eigenvalue weighted by Gasteiger charge is -2.29. The van der Waals surface area contributed by atoms with Crippen LogP contribution in [0.1, 0.15) is 31.2 Å². The number of nitrogens with zero attached hydrogens (tertiary/aromatic N) is 3. The van der Waals surface area contributed by atoms with Crippen molar-refractivity contribution in [3.63, 3.8) is 0 Å². The molecule has 0 spiro atoms. The Morgan fingerprint density at radius 3 is 2.43 bits per heavy atom. The molecule has 1 saturated carbocycles. The number of rotatable bonds is 8. The lowest BCUT2D eigenvalue weighted by molar-refractivity contribution is -0.121. The van der Waals surface area contributed by atoms with Gasteiger partial charge in [-0.15, -0.1) is 0 Å². The Balaban J connectivity index is 1.46. The Morgan fingerprint density at radius 1 is 1.07 bits per heavy atom. The highest BCUT2D eigenvalue weighted by Crippen LogP contribution is 2.28. The molecular formula is C22H31N5O3. The van der Waals surface area contributed by atoms with Gasteiger partial charge in [0, 0.05) is 32.4 Å². The van der Waals surface area contributed by atoms with Crippen LogP contribution in [0.25, 0.3) is 0 Å². The van der Waals surface area contributed by atoms with Gasteiger partial charge in [-0.1, -0.05) is 6.07 Å². The Labute approximate surface area is 178 Å². The predicted octanol–water partition coefficient (Wildman–Crippen LogP) is 2.64. The summed E-state index contributed by atoms with van der Waals surface area (Å²) in [6.45, 7) is 0. The van der Waals surface area contributed by atoms with E-state index in [1.165, 1.54) is 0 Å². The Morgan fingerprint density at radius 2 is 1.77 bits per heavy atom. The Kier molecular flexibility index (Phi) is 7.32. The number of benzene rings is 1. The molecule has 1 aliphatic rings. The van der Waals surface area contributed by atoms with E-state index in [9.17, 15) is 4.79 Å². The Bertz CT molecular complexity index is 850. The first-order valence-corrected chi connectivity index (χ1v) is 10.3. The highest BCUT2D eigenvalue weighted by atomic mass is 16.5. The third-order valence-electron chi connectivity index (χ3n) is 5.34. The maximum absolute atomic E-state index is 12.5. The summed E-state index contributed by atoms with van der Waals surface area (Å²) >= 11 is 0. The zero-order valence-electron chi connectivity index (χ0n) is 18.1. The molecule has 0 saturated heterocycles. The van der Waals surface area contributed by atoms with E-state index in [0.29, 0.717) is 29.9 Å². The molecule has 0 radical (unpaired) electrons. The summed E-state index contributed by atoms with van der Waals surface area (Å²) in [5, 5.41) is 6.59. The van der Waals surface area contributed by atoms with Crippen LogP contribution in [-0.4, -0.2) is 56.3 Å². The van der Waals surface area contributed by atoms with Gasteiger partial charge < -0.3 is 25.0 Å². The largest absolute Gasteiger partial charge is 0.493 e. The van der Waals surface area contributed by atoms with Crippen molar-refractivity contribution in [2.45, 2.75) is 44.2 Å². The van der Waals surface area contributed by atoms with E-state index < -0.39 is 0 Å². The lowest BCUT2D eigenvalue weighted by Crippen LogP contribution is -2.40. The van der Waals surface area contributed by atoms with Crippen LogP contribution in [0.5, 0.6) is 11.5 Å². The molecule has 3 rings (SSSR count). The second kappa shape index (κ2) is 10.1. The summed E-state index contributed by atoms with van der Waals surface area (Å²) in [5.74, 6) is 2.86. The van der Waals surface area contributed by atoms with E-state index in [4.69, 9.17) is 9.47 Å². The minimum atomic E-state index is 0.0284. The van der Waals surface area contributed by atoms with Crippen molar-refractivity contribution in [2.24, 2.45) is 0 Å². The number of anilines is 2. The molecule has 0 aliphatic heterocycles. The van der Waals surface area contributed by atoms with Crippen molar-refractivity contribution >= 4 is 17.7 Å². The van der Waals surface area contributed by atoms with Gasteiger partial charge in [0.05, 0.1) is 20.6 Å². The maximum atomic E-state index is 12.5. The van der Waals surface area contributed by atoms with Gasteiger partial charge in [0.2, 0.25) is 11.9 Å². The molecular weight excluding hydrogens is 382 g/mol. The van der Waals surface area contributed by atoms with E-state index in [1.807, 2.05) is 43.3 Å². The summed E-state index contributed by atoms with van der Waals surface area (Å²) in [6, 6.07) is 7.97. The number of ether oxygens (including phenoxy) is 2. The number of aromatic nitrogens is 2.